The van der Waals surface area contributed by atoms with Crippen LogP contribution in [0.1, 0.15) is 20.3 Å². The average molecular weight is 180 g/mol. The van der Waals surface area contributed by atoms with Gasteiger partial charge in [-0.1, -0.05) is 13.8 Å². The van der Waals surface area contributed by atoms with E-state index in [9.17, 15) is 8.42 Å². The van der Waals surface area contributed by atoms with Crippen LogP contribution in [-0.2, 0) is 18.8 Å². The van der Waals surface area contributed by atoms with Crippen molar-refractivity contribution in [1.29, 1.82) is 0 Å². The third-order valence-corrected chi connectivity index (χ3v) is 2.66. The summed E-state index contributed by atoms with van der Waals surface area (Å²) in [6, 6.07) is 0. The molecule has 0 N–H and O–H groups in total. The quantitative estimate of drug-likeness (QED) is 0.596. The van der Waals surface area contributed by atoms with Gasteiger partial charge in [-0.2, -0.15) is 8.42 Å². The van der Waals surface area contributed by atoms with Crippen LogP contribution >= 0.6 is 0 Å². The molecule has 2 atom stereocenters. The average Bonchev–Trinajstić information content (AvgIpc) is 1.94. The molecule has 66 valence electrons. The first-order valence-corrected chi connectivity index (χ1v) is 4.96. The second-order valence-electron chi connectivity index (χ2n) is 2.71. The van der Waals surface area contributed by atoms with Crippen LogP contribution in [0.5, 0.6) is 0 Å². The fourth-order valence-corrected chi connectivity index (χ4v) is 2.11. The Labute approximate surface area is 66.8 Å². The van der Waals surface area contributed by atoms with Crippen molar-refractivity contribution in [2.45, 2.75) is 26.4 Å². The molecule has 1 saturated heterocycles. The predicted molar refractivity (Wildman–Crippen MR) is 39.2 cm³/mol. The second-order valence-corrected chi connectivity index (χ2v) is 3.96. The van der Waals surface area contributed by atoms with E-state index in [0.29, 0.717) is 6.42 Å². The van der Waals surface area contributed by atoms with Gasteiger partial charge in [0.15, 0.2) is 0 Å². The first-order valence-electron chi connectivity index (χ1n) is 3.63. The fraction of sp³-hybridized carbons (Fsp3) is 1.00. The maximum Gasteiger partial charge on any atom is 0.400 e. The first-order chi connectivity index (χ1) is 5.05. The van der Waals surface area contributed by atoms with Crippen LogP contribution in [0.15, 0.2) is 0 Å². The molecule has 0 aromatic heterocycles. The molecule has 0 saturated carbocycles. The van der Waals surface area contributed by atoms with E-state index < -0.39 is 10.4 Å². The maximum absolute atomic E-state index is 10.7. The molecule has 11 heavy (non-hydrogen) atoms. The lowest BCUT2D eigenvalue weighted by Gasteiger charge is -2.26. The lowest BCUT2D eigenvalue weighted by atomic mass is 10.0. The Bertz CT molecular complexity index is 221. The van der Waals surface area contributed by atoms with Gasteiger partial charge in [0.2, 0.25) is 0 Å². The van der Waals surface area contributed by atoms with Crippen molar-refractivity contribution >= 4 is 10.4 Å². The summed E-state index contributed by atoms with van der Waals surface area (Å²) in [5.74, 6) is 0.156. The van der Waals surface area contributed by atoms with Gasteiger partial charge in [0, 0.05) is 5.92 Å². The van der Waals surface area contributed by atoms with E-state index in [-0.39, 0.29) is 18.6 Å². The molecule has 1 heterocycles. The van der Waals surface area contributed by atoms with Gasteiger partial charge in [-0.05, 0) is 6.42 Å². The lowest BCUT2D eigenvalue weighted by molar-refractivity contribution is 0.0417. The van der Waals surface area contributed by atoms with Crippen molar-refractivity contribution in [2.24, 2.45) is 5.92 Å². The zero-order valence-electron chi connectivity index (χ0n) is 6.61. The van der Waals surface area contributed by atoms with Gasteiger partial charge in [0.25, 0.3) is 0 Å². The topological polar surface area (TPSA) is 52.6 Å². The van der Waals surface area contributed by atoms with Gasteiger partial charge in [0.1, 0.15) is 0 Å². The van der Waals surface area contributed by atoms with Crippen LogP contribution in [0.2, 0.25) is 0 Å². The number of rotatable bonds is 1. The molecule has 0 amide bonds. The van der Waals surface area contributed by atoms with Crippen molar-refractivity contribution in [3.8, 4) is 0 Å². The molecular formula is C6H12O4S. The summed E-state index contributed by atoms with van der Waals surface area (Å²) < 4.78 is 30.6. The predicted octanol–water partition coefficient (Wildman–Crippen LogP) is 0.693. The van der Waals surface area contributed by atoms with Gasteiger partial charge >= 0.3 is 10.4 Å². The molecule has 0 spiro atoms. The monoisotopic (exact) mass is 180 g/mol. The number of hydrogen-bond acceptors (Lipinski definition) is 4. The molecule has 4 nitrogen and oxygen atoms in total. The van der Waals surface area contributed by atoms with E-state index >= 15 is 0 Å². The van der Waals surface area contributed by atoms with Gasteiger partial charge in [0.05, 0.1) is 12.7 Å². The zero-order valence-corrected chi connectivity index (χ0v) is 7.43. The highest BCUT2D eigenvalue weighted by Crippen LogP contribution is 2.21. The molecule has 1 aliphatic heterocycles. The molecule has 0 aliphatic carbocycles. The van der Waals surface area contributed by atoms with Gasteiger partial charge in [-0.3, -0.25) is 0 Å². The molecule has 0 aromatic rings. The summed E-state index contributed by atoms with van der Waals surface area (Å²) >= 11 is 0. The smallest absolute Gasteiger partial charge is 0.248 e. The lowest BCUT2D eigenvalue weighted by Crippen LogP contribution is -2.35. The SMILES string of the molecule is CCC1OS(=O)(=O)OC[C@H]1C. The van der Waals surface area contributed by atoms with Gasteiger partial charge in [-0.15, -0.1) is 0 Å². The highest BCUT2D eigenvalue weighted by atomic mass is 32.3. The van der Waals surface area contributed by atoms with Crippen LogP contribution in [0.4, 0.5) is 0 Å². The van der Waals surface area contributed by atoms with Gasteiger partial charge < -0.3 is 0 Å². The molecule has 1 fully saturated rings. The standard InChI is InChI=1S/C6H12O4S/c1-3-6-5(2)4-9-11(7,8)10-6/h5-6H,3-4H2,1-2H3/t5-,6?/m1/s1. The highest BCUT2D eigenvalue weighted by Gasteiger charge is 2.30. The summed E-state index contributed by atoms with van der Waals surface area (Å²) in [7, 11) is -3.68. The van der Waals surface area contributed by atoms with Crippen LogP contribution in [0, 0.1) is 5.92 Å². The van der Waals surface area contributed by atoms with Crippen LogP contribution in [0.3, 0.4) is 0 Å². The van der Waals surface area contributed by atoms with Crippen LogP contribution < -0.4 is 0 Å². The summed E-state index contributed by atoms with van der Waals surface area (Å²) in [6.45, 7) is 4.03. The Morgan fingerprint density at radius 3 is 2.64 bits per heavy atom. The molecule has 5 heteroatoms. The molecule has 1 unspecified atom stereocenters. The third kappa shape index (κ3) is 2.15. The molecule has 1 rings (SSSR count). The van der Waals surface area contributed by atoms with E-state index in [4.69, 9.17) is 0 Å². The molecule has 1 aliphatic rings. The van der Waals surface area contributed by atoms with Crippen molar-refractivity contribution in [3.63, 3.8) is 0 Å². The summed E-state index contributed by atoms with van der Waals surface area (Å²) in [5.41, 5.74) is 0. The van der Waals surface area contributed by atoms with E-state index in [2.05, 4.69) is 8.37 Å². The minimum atomic E-state index is -3.68. The van der Waals surface area contributed by atoms with Crippen molar-refractivity contribution < 1.29 is 16.8 Å². The Morgan fingerprint density at radius 1 is 1.55 bits per heavy atom. The van der Waals surface area contributed by atoms with Crippen LogP contribution in [0.25, 0.3) is 0 Å². The van der Waals surface area contributed by atoms with Crippen molar-refractivity contribution in [3.05, 3.63) is 0 Å². The molecule has 0 bridgehead atoms. The molecule has 0 aromatic carbocycles. The Morgan fingerprint density at radius 2 is 2.18 bits per heavy atom. The highest BCUT2D eigenvalue weighted by molar-refractivity contribution is 7.81. The van der Waals surface area contributed by atoms with E-state index in [0.717, 1.165) is 0 Å². The van der Waals surface area contributed by atoms with Crippen molar-refractivity contribution in [2.75, 3.05) is 6.61 Å². The van der Waals surface area contributed by atoms with E-state index in [1.54, 1.807) is 0 Å². The molecular weight excluding hydrogens is 168 g/mol. The van der Waals surface area contributed by atoms with Crippen LogP contribution in [-0.4, -0.2) is 21.1 Å². The normalized spacial score (nSPS) is 36.9. The summed E-state index contributed by atoms with van der Waals surface area (Å²) in [4.78, 5) is 0. The fourth-order valence-electron chi connectivity index (χ4n) is 1.04. The second kappa shape index (κ2) is 3.08. The molecule has 0 radical (unpaired) electrons. The van der Waals surface area contributed by atoms with Crippen molar-refractivity contribution in [1.82, 2.24) is 0 Å². The third-order valence-electron chi connectivity index (χ3n) is 1.75. The van der Waals surface area contributed by atoms with E-state index in [1.165, 1.54) is 0 Å². The minimum absolute atomic E-state index is 0.156. The Kier molecular flexibility index (Phi) is 2.51. The zero-order chi connectivity index (χ0) is 8.48. The maximum atomic E-state index is 10.7. The summed E-state index contributed by atoms with van der Waals surface area (Å²) in [6.07, 6.45) is 0.484. The Balaban J connectivity index is 2.66. The number of hydrogen-bond donors (Lipinski definition) is 0. The van der Waals surface area contributed by atoms with E-state index in [1.807, 2.05) is 13.8 Å². The first kappa shape index (κ1) is 8.96. The largest absolute Gasteiger partial charge is 0.400 e. The minimum Gasteiger partial charge on any atom is -0.248 e. The van der Waals surface area contributed by atoms with Gasteiger partial charge in [-0.25, -0.2) is 8.37 Å². The summed E-state index contributed by atoms with van der Waals surface area (Å²) in [5, 5.41) is 0. The Hall–Kier alpha value is -0.130.